The van der Waals surface area contributed by atoms with Crippen molar-refractivity contribution in [3.8, 4) is 0 Å². The third kappa shape index (κ3) is 1.78. The van der Waals surface area contributed by atoms with Gasteiger partial charge in [-0.05, 0) is 35.6 Å². The number of allylic oxidation sites excluding steroid dienone is 1. The van der Waals surface area contributed by atoms with E-state index >= 15 is 0 Å². The van der Waals surface area contributed by atoms with Gasteiger partial charge in [0.15, 0.2) is 5.78 Å². The van der Waals surface area contributed by atoms with Crippen molar-refractivity contribution < 1.29 is 4.79 Å². The number of hydrogen-bond donors (Lipinski definition) is 0. The van der Waals surface area contributed by atoms with E-state index in [1.54, 1.807) is 6.92 Å². The number of rotatable bonds is 2. The number of fused-ring (bicyclic) bond motifs is 1. The molecule has 0 unspecified atom stereocenters. The SMILES string of the molecule is CC(=O)c1ccc(C2=CCc3ccccc32)cc1. The Labute approximate surface area is 107 Å². The molecule has 0 saturated heterocycles. The fourth-order valence-corrected chi connectivity index (χ4v) is 2.44. The molecular formula is C17H14O. The Bertz CT molecular complexity index is 633. The van der Waals surface area contributed by atoms with E-state index in [2.05, 4.69) is 30.3 Å². The molecule has 0 aromatic heterocycles. The molecule has 3 rings (SSSR count). The number of carbonyl (C=O) groups is 1. The van der Waals surface area contributed by atoms with Crippen LogP contribution in [0.3, 0.4) is 0 Å². The van der Waals surface area contributed by atoms with Crippen molar-refractivity contribution in [2.45, 2.75) is 13.3 Å². The van der Waals surface area contributed by atoms with Crippen molar-refractivity contribution >= 4 is 11.4 Å². The van der Waals surface area contributed by atoms with Crippen molar-refractivity contribution in [1.29, 1.82) is 0 Å². The molecule has 0 radical (unpaired) electrons. The zero-order valence-electron chi connectivity index (χ0n) is 10.3. The Balaban J connectivity index is 2.00. The minimum atomic E-state index is 0.113. The Hall–Kier alpha value is -2.15. The summed E-state index contributed by atoms with van der Waals surface area (Å²) < 4.78 is 0. The summed E-state index contributed by atoms with van der Waals surface area (Å²) in [6.07, 6.45) is 3.26. The van der Waals surface area contributed by atoms with Gasteiger partial charge >= 0.3 is 0 Å². The molecule has 0 amide bonds. The second-order valence-corrected chi connectivity index (χ2v) is 4.61. The minimum absolute atomic E-state index is 0.113. The van der Waals surface area contributed by atoms with Gasteiger partial charge in [0.2, 0.25) is 0 Å². The zero-order valence-corrected chi connectivity index (χ0v) is 10.3. The standard InChI is InChI=1S/C17H14O/c1-12(18)13-6-8-15(9-7-13)17-11-10-14-4-2-3-5-16(14)17/h2-9,11H,10H2,1H3. The molecule has 1 nitrogen and oxygen atoms in total. The molecule has 0 bridgehead atoms. The number of benzene rings is 2. The van der Waals surface area contributed by atoms with Crippen LogP contribution in [-0.2, 0) is 6.42 Å². The molecule has 1 aliphatic rings. The van der Waals surface area contributed by atoms with E-state index in [1.807, 2.05) is 24.3 Å². The van der Waals surface area contributed by atoms with Crippen LogP contribution < -0.4 is 0 Å². The predicted octanol–water partition coefficient (Wildman–Crippen LogP) is 3.88. The van der Waals surface area contributed by atoms with E-state index in [-0.39, 0.29) is 5.78 Å². The predicted molar refractivity (Wildman–Crippen MR) is 73.7 cm³/mol. The maximum absolute atomic E-state index is 11.3. The Morgan fingerprint density at radius 3 is 2.44 bits per heavy atom. The highest BCUT2D eigenvalue weighted by atomic mass is 16.1. The first-order chi connectivity index (χ1) is 8.75. The molecule has 88 valence electrons. The first-order valence-corrected chi connectivity index (χ1v) is 6.15. The molecule has 1 aliphatic carbocycles. The second kappa shape index (κ2) is 4.26. The summed E-state index contributed by atoms with van der Waals surface area (Å²) in [5, 5.41) is 0. The first-order valence-electron chi connectivity index (χ1n) is 6.15. The minimum Gasteiger partial charge on any atom is -0.295 e. The van der Waals surface area contributed by atoms with Crippen LogP contribution in [0.2, 0.25) is 0 Å². The van der Waals surface area contributed by atoms with Crippen LogP contribution in [-0.4, -0.2) is 5.78 Å². The van der Waals surface area contributed by atoms with Crippen molar-refractivity contribution in [2.75, 3.05) is 0 Å². The van der Waals surface area contributed by atoms with Crippen molar-refractivity contribution in [2.24, 2.45) is 0 Å². The van der Waals surface area contributed by atoms with Gasteiger partial charge in [0.1, 0.15) is 0 Å². The molecule has 0 heterocycles. The smallest absolute Gasteiger partial charge is 0.159 e. The first kappa shape index (κ1) is 11.0. The van der Waals surface area contributed by atoms with Crippen LogP contribution in [0, 0.1) is 0 Å². The number of Topliss-reactive ketones (excluding diaryl/α,β-unsaturated/α-hetero) is 1. The summed E-state index contributed by atoms with van der Waals surface area (Å²) in [5.74, 6) is 0.113. The summed E-state index contributed by atoms with van der Waals surface area (Å²) in [6, 6.07) is 16.3. The van der Waals surface area contributed by atoms with Gasteiger partial charge in [-0.1, -0.05) is 54.6 Å². The number of hydrogen-bond acceptors (Lipinski definition) is 1. The third-order valence-corrected chi connectivity index (χ3v) is 3.44. The van der Waals surface area contributed by atoms with Crippen LogP contribution in [0.4, 0.5) is 0 Å². The monoisotopic (exact) mass is 234 g/mol. The molecule has 2 aromatic carbocycles. The summed E-state index contributed by atoms with van der Waals surface area (Å²) in [7, 11) is 0. The highest BCUT2D eigenvalue weighted by Crippen LogP contribution is 2.32. The van der Waals surface area contributed by atoms with Crippen molar-refractivity contribution in [1.82, 2.24) is 0 Å². The molecule has 0 spiro atoms. The van der Waals surface area contributed by atoms with Crippen LogP contribution in [0.15, 0.2) is 54.6 Å². The molecule has 1 heteroatoms. The van der Waals surface area contributed by atoms with Crippen LogP contribution >= 0.6 is 0 Å². The van der Waals surface area contributed by atoms with Crippen LogP contribution in [0.25, 0.3) is 5.57 Å². The van der Waals surface area contributed by atoms with Crippen molar-refractivity contribution in [3.05, 3.63) is 76.9 Å². The van der Waals surface area contributed by atoms with Gasteiger partial charge in [-0.15, -0.1) is 0 Å². The topological polar surface area (TPSA) is 17.1 Å². The van der Waals surface area contributed by atoms with E-state index in [9.17, 15) is 4.79 Å². The van der Waals surface area contributed by atoms with Crippen LogP contribution in [0.1, 0.15) is 34.0 Å². The van der Waals surface area contributed by atoms with Gasteiger partial charge in [-0.3, -0.25) is 4.79 Å². The third-order valence-electron chi connectivity index (χ3n) is 3.44. The van der Waals surface area contributed by atoms with Gasteiger partial charge in [0, 0.05) is 5.56 Å². The van der Waals surface area contributed by atoms with Gasteiger partial charge in [-0.25, -0.2) is 0 Å². The molecule has 18 heavy (non-hydrogen) atoms. The lowest BCUT2D eigenvalue weighted by Gasteiger charge is -2.06. The summed E-state index contributed by atoms with van der Waals surface area (Å²) in [4.78, 5) is 11.3. The molecule has 0 aliphatic heterocycles. The summed E-state index contributed by atoms with van der Waals surface area (Å²) in [5.41, 5.74) is 5.92. The molecule has 0 atom stereocenters. The van der Waals surface area contributed by atoms with Crippen molar-refractivity contribution in [3.63, 3.8) is 0 Å². The van der Waals surface area contributed by atoms with E-state index in [4.69, 9.17) is 0 Å². The Morgan fingerprint density at radius 2 is 1.72 bits per heavy atom. The van der Waals surface area contributed by atoms with E-state index in [0.717, 1.165) is 12.0 Å². The molecule has 2 aromatic rings. The quantitative estimate of drug-likeness (QED) is 0.721. The fraction of sp³-hybridized carbons (Fsp3) is 0.118. The number of ketones is 1. The van der Waals surface area contributed by atoms with Gasteiger partial charge in [-0.2, -0.15) is 0 Å². The highest BCUT2D eigenvalue weighted by molar-refractivity contribution is 5.94. The lowest BCUT2D eigenvalue weighted by atomic mass is 9.98. The zero-order chi connectivity index (χ0) is 12.5. The summed E-state index contributed by atoms with van der Waals surface area (Å²) in [6.45, 7) is 1.60. The number of carbonyl (C=O) groups excluding carboxylic acids is 1. The lowest BCUT2D eigenvalue weighted by molar-refractivity contribution is 0.101. The maximum Gasteiger partial charge on any atom is 0.159 e. The second-order valence-electron chi connectivity index (χ2n) is 4.61. The fourth-order valence-electron chi connectivity index (χ4n) is 2.44. The molecule has 0 N–H and O–H groups in total. The van der Waals surface area contributed by atoms with Gasteiger partial charge < -0.3 is 0 Å². The maximum atomic E-state index is 11.3. The Kier molecular flexibility index (Phi) is 2.60. The molecule has 0 fully saturated rings. The molecule has 0 saturated carbocycles. The van der Waals surface area contributed by atoms with E-state index < -0.39 is 0 Å². The average Bonchev–Trinajstić information content (AvgIpc) is 2.82. The van der Waals surface area contributed by atoms with E-state index in [1.165, 1.54) is 22.3 Å². The van der Waals surface area contributed by atoms with Gasteiger partial charge in [0.25, 0.3) is 0 Å². The van der Waals surface area contributed by atoms with E-state index in [0.29, 0.717) is 0 Å². The van der Waals surface area contributed by atoms with Gasteiger partial charge in [0.05, 0.1) is 0 Å². The summed E-state index contributed by atoms with van der Waals surface area (Å²) >= 11 is 0. The largest absolute Gasteiger partial charge is 0.295 e. The van der Waals surface area contributed by atoms with Crippen LogP contribution in [0.5, 0.6) is 0 Å². The Morgan fingerprint density at radius 1 is 1.00 bits per heavy atom. The lowest BCUT2D eigenvalue weighted by Crippen LogP contribution is -1.92. The normalized spacial score (nSPS) is 13.1. The highest BCUT2D eigenvalue weighted by Gasteiger charge is 2.14. The molecular weight excluding hydrogens is 220 g/mol. The average molecular weight is 234 g/mol.